The van der Waals surface area contributed by atoms with Gasteiger partial charge in [-0.05, 0) is 59.5 Å². The third-order valence-corrected chi connectivity index (χ3v) is 3.93. The van der Waals surface area contributed by atoms with E-state index in [9.17, 15) is 4.79 Å². The van der Waals surface area contributed by atoms with E-state index in [1.165, 1.54) is 0 Å². The average molecular weight is 320 g/mol. The number of ether oxygens (including phenoxy) is 1. The maximum atomic E-state index is 11.9. The Bertz CT molecular complexity index is 566. The Morgan fingerprint density at radius 2 is 2.09 bits per heavy atom. The molecule has 2 rings (SSSR count). The first-order valence-electron chi connectivity index (χ1n) is 7.96. The fourth-order valence-electron chi connectivity index (χ4n) is 2.66. The third kappa shape index (κ3) is 4.76. The van der Waals surface area contributed by atoms with E-state index in [2.05, 4.69) is 29.2 Å². The van der Waals surface area contributed by atoms with Gasteiger partial charge in [-0.15, -0.1) is 0 Å². The lowest BCUT2D eigenvalue weighted by Gasteiger charge is -2.23. The topological polar surface area (TPSA) is 70.8 Å². The van der Waals surface area contributed by atoms with Gasteiger partial charge in [-0.25, -0.2) is 4.79 Å². The van der Waals surface area contributed by atoms with Gasteiger partial charge in [0.05, 0.1) is 11.4 Å². The van der Waals surface area contributed by atoms with Gasteiger partial charge in [0, 0.05) is 24.8 Å². The SMILES string of the molecule is CN(C)C1CCN(c2ccc(N)c(NC(=O)OC(C)(C)C)c2)C1. The highest BCUT2D eigenvalue weighted by Gasteiger charge is 2.24. The van der Waals surface area contributed by atoms with Crippen molar-refractivity contribution in [3.8, 4) is 0 Å². The lowest BCUT2D eigenvalue weighted by Crippen LogP contribution is -2.31. The van der Waals surface area contributed by atoms with Crippen LogP contribution in [0.2, 0.25) is 0 Å². The zero-order chi connectivity index (χ0) is 17.2. The number of nitrogen functional groups attached to an aromatic ring is 1. The minimum Gasteiger partial charge on any atom is -0.444 e. The van der Waals surface area contributed by atoms with Crippen molar-refractivity contribution in [2.24, 2.45) is 0 Å². The van der Waals surface area contributed by atoms with E-state index in [-0.39, 0.29) is 0 Å². The van der Waals surface area contributed by atoms with Crippen molar-refractivity contribution in [2.45, 2.75) is 38.8 Å². The smallest absolute Gasteiger partial charge is 0.412 e. The lowest BCUT2D eigenvalue weighted by molar-refractivity contribution is 0.0636. The van der Waals surface area contributed by atoms with Crippen molar-refractivity contribution >= 4 is 23.2 Å². The molecular weight excluding hydrogens is 292 g/mol. The molecule has 128 valence electrons. The second-order valence-electron chi connectivity index (χ2n) is 7.25. The van der Waals surface area contributed by atoms with Crippen LogP contribution in [-0.2, 0) is 4.74 Å². The third-order valence-electron chi connectivity index (χ3n) is 3.93. The molecule has 1 unspecified atom stereocenters. The summed E-state index contributed by atoms with van der Waals surface area (Å²) in [6, 6.07) is 6.28. The second kappa shape index (κ2) is 6.66. The van der Waals surface area contributed by atoms with Gasteiger partial charge in [-0.3, -0.25) is 5.32 Å². The Morgan fingerprint density at radius 3 is 2.65 bits per heavy atom. The maximum absolute atomic E-state index is 11.9. The van der Waals surface area contributed by atoms with Crippen molar-refractivity contribution in [1.29, 1.82) is 0 Å². The number of benzene rings is 1. The number of likely N-dealkylation sites (N-methyl/N-ethyl adjacent to an activating group) is 1. The van der Waals surface area contributed by atoms with Crippen LogP contribution in [0.25, 0.3) is 0 Å². The number of nitrogens with one attached hydrogen (secondary N) is 1. The molecule has 0 aromatic heterocycles. The minimum absolute atomic E-state index is 0.492. The van der Waals surface area contributed by atoms with Crippen molar-refractivity contribution in [1.82, 2.24) is 4.90 Å². The number of carbonyl (C=O) groups is 1. The summed E-state index contributed by atoms with van der Waals surface area (Å²) in [6.45, 7) is 7.47. The number of hydrogen-bond donors (Lipinski definition) is 2. The molecule has 0 bridgehead atoms. The number of nitrogens with two attached hydrogens (primary N) is 1. The first-order chi connectivity index (χ1) is 10.7. The summed E-state index contributed by atoms with van der Waals surface area (Å²) in [6.07, 6.45) is 0.639. The standard InChI is InChI=1S/C17H28N4O2/c1-17(2,3)23-16(22)19-15-10-12(6-7-14(15)18)21-9-8-13(11-21)20(4)5/h6-7,10,13H,8-9,11,18H2,1-5H3,(H,19,22). The van der Waals surface area contributed by atoms with Crippen LogP contribution < -0.4 is 16.0 Å². The van der Waals surface area contributed by atoms with Crippen molar-refractivity contribution in [3.05, 3.63) is 18.2 Å². The highest BCUT2D eigenvalue weighted by molar-refractivity contribution is 5.90. The van der Waals surface area contributed by atoms with Crippen LogP contribution in [-0.4, -0.2) is 49.8 Å². The molecule has 1 aliphatic heterocycles. The van der Waals surface area contributed by atoms with Crippen LogP contribution in [0.15, 0.2) is 18.2 Å². The monoisotopic (exact) mass is 320 g/mol. The van der Waals surface area contributed by atoms with Crippen LogP contribution in [0.1, 0.15) is 27.2 Å². The van der Waals surface area contributed by atoms with E-state index < -0.39 is 11.7 Å². The number of hydrogen-bond acceptors (Lipinski definition) is 5. The molecule has 0 spiro atoms. The average Bonchev–Trinajstić information content (AvgIpc) is 2.89. The van der Waals surface area contributed by atoms with Gasteiger partial charge >= 0.3 is 6.09 Å². The molecule has 0 saturated carbocycles. The van der Waals surface area contributed by atoms with Gasteiger partial charge in [0.1, 0.15) is 5.60 Å². The molecule has 23 heavy (non-hydrogen) atoms. The molecule has 6 nitrogen and oxygen atoms in total. The summed E-state index contributed by atoms with van der Waals surface area (Å²) in [5, 5.41) is 2.74. The summed E-state index contributed by atoms with van der Waals surface area (Å²) in [7, 11) is 4.21. The largest absolute Gasteiger partial charge is 0.444 e. The fourth-order valence-corrected chi connectivity index (χ4v) is 2.66. The predicted molar refractivity (Wildman–Crippen MR) is 95.0 cm³/mol. The summed E-state index contributed by atoms with van der Waals surface area (Å²) in [5.41, 5.74) is 7.62. The van der Waals surface area contributed by atoms with Gasteiger partial charge in [0.15, 0.2) is 0 Å². The first kappa shape index (κ1) is 17.4. The molecule has 6 heteroatoms. The van der Waals surface area contributed by atoms with Crippen LogP contribution in [0, 0.1) is 0 Å². The Hall–Kier alpha value is -1.95. The van der Waals surface area contributed by atoms with Gasteiger partial charge < -0.3 is 20.3 Å². The molecule has 1 fully saturated rings. The predicted octanol–water partition coefficient (Wildman–Crippen LogP) is 2.76. The molecular formula is C17H28N4O2. The van der Waals surface area contributed by atoms with Crippen LogP contribution >= 0.6 is 0 Å². The van der Waals surface area contributed by atoms with Crippen molar-refractivity contribution in [2.75, 3.05) is 43.1 Å². The highest BCUT2D eigenvalue weighted by Crippen LogP contribution is 2.29. The Morgan fingerprint density at radius 1 is 1.39 bits per heavy atom. The molecule has 0 radical (unpaired) electrons. The highest BCUT2D eigenvalue weighted by atomic mass is 16.6. The normalized spacial score (nSPS) is 18.3. The zero-order valence-corrected chi connectivity index (χ0v) is 14.7. The molecule has 1 saturated heterocycles. The Kier molecular flexibility index (Phi) is 5.04. The summed E-state index contributed by atoms with van der Waals surface area (Å²) in [4.78, 5) is 16.5. The second-order valence-corrected chi connectivity index (χ2v) is 7.25. The number of anilines is 3. The fraction of sp³-hybridized carbons (Fsp3) is 0.588. The van der Waals surface area contributed by atoms with Gasteiger partial charge in [0.25, 0.3) is 0 Å². The quantitative estimate of drug-likeness (QED) is 0.838. The van der Waals surface area contributed by atoms with Gasteiger partial charge in [-0.1, -0.05) is 0 Å². The van der Waals surface area contributed by atoms with Crippen LogP contribution in [0.4, 0.5) is 21.9 Å². The molecule has 1 aliphatic rings. The van der Waals surface area contributed by atoms with Gasteiger partial charge in [0.2, 0.25) is 0 Å². The van der Waals surface area contributed by atoms with Gasteiger partial charge in [-0.2, -0.15) is 0 Å². The summed E-state index contributed by atoms with van der Waals surface area (Å²) < 4.78 is 5.28. The lowest BCUT2D eigenvalue weighted by atomic mass is 10.2. The Balaban J connectivity index is 2.09. The van der Waals surface area contributed by atoms with Crippen molar-refractivity contribution < 1.29 is 9.53 Å². The molecule has 1 aromatic carbocycles. The number of carbonyl (C=O) groups excluding carboxylic acids is 1. The van der Waals surface area contributed by atoms with Crippen molar-refractivity contribution in [3.63, 3.8) is 0 Å². The molecule has 1 aromatic rings. The first-order valence-corrected chi connectivity index (χ1v) is 7.96. The maximum Gasteiger partial charge on any atom is 0.412 e. The number of nitrogens with zero attached hydrogens (tertiary/aromatic N) is 2. The van der Waals surface area contributed by atoms with E-state index >= 15 is 0 Å². The molecule has 1 heterocycles. The van der Waals surface area contributed by atoms with Crippen LogP contribution in [0.3, 0.4) is 0 Å². The van der Waals surface area contributed by atoms with E-state index in [1.54, 1.807) is 0 Å². The summed E-state index contributed by atoms with van der Waals surface area (Å²) >= 11 is 0. The molecule has 1 atom stereocenters. The molecule has 0 aliphatic carbocycles. The van der Waals surface area contributed by atoms with E-state index in [1.807, 2.05) is 39.0 Å². The van der Waals surface area contributed by atoms with Crippen LogP contribution in [0.5, 0.6) is 0 Å². The van der Waals surface area contributed by atoms with E-state index in [0.717, 1.165) is 25.2 Å². The summed E-state index contributed by atoms with van der Waals surface area (Å²) in [5.74, 6) is 0. The molecule has 1 amide bonds. The Labute approximate surface area is 138 Å². The van der Waals surface area contributed by atoms with E-state index in [0.29, 0.717) is 17.4 Å². The minimum atomic E-state index is -0.537. The van der Waals surface area contributed by atoms with E-state index in [4.69, 9.17) is 10.5 Å². The zero-order valence-electron chi connectivity index (χ0n) is 14.7. The number of amides is 1. The molecule has 3 N–H and O–H groups in total. The number of rotatable bonds is 3.